The molecule has 102 valence electrons. The first-order valence-corrected chi connectivity index (χ1v) is 8.14. The second-order valence-electron chi connectivity index (χ2n) is 4.51. The summed E-state index contributed by atoms with van der Waals surface area (Å²) in [5, 5.41) is 3.16. The predicted octanol–water partition coefficient (Wildman–Crippen LogP) is 2.32. The third kappa shape index (κ3) is 5.91. The predicted molar refractivity (Wildman–Crippen MR) is 75.0 cm³/mol. The highest BCUT2D eigenvalue weighted by atomic mass is 32.2. The van der Waals surface area contributed by atoms with E-state index >= 15 is 0 Å². The lowest BCUT2D eigenvalue weighted by molar-refractivity contribution is 0.317. The molecule has 1 N–H and O–H groups in total. The molecular formula is C13H21NO3S. The molecule has 0 saturated carbocycles. The van der Waals surface area contributed by atoms with Crippen LogP contribution in [0.1, 0.15) is 20.3 Å². The van der Waals surface area contributed by atoms with Crippen LogP contribution in [0.2, 0.25) is 0 Å². The maximum absolute atomic E-state index is 11.2. The highest BCUT2D eigenvalue weighted by Gasteiger charge is 2.10. The Bertz CT molecular complexity index is 471. The lowest BCUT2D eigenvalue weighted by atomic mass is 10.2. The van der Waals surface area contributed by atoms with Crippen molar-refractivity contribution in [3.63, 3.8) is 0 Å². The van der Waals surface area contributed by atoms with Crippen molar-refractivity contribution in [2.45, 2.75) is 26.3 Å². The molecule has 0 aliphatic carbocycles. The number of nitrogens with one attached hydrogen (secondary N) is 1. The number of hydrogen-bond acceptors (Lipinski definition) is 4. The van der Waals surface area contributed by atoms with Gasteiger partial charge in [-0.3, -0.25) is 0 Å². The van der Waals surface area contributed by atoms with Gasteiger partial charge in [0.1, 0.15) is 15.6 Å². The standard InChI is InChI=1S/C13H21NO3S/c1-4-8-17-13-7-5-6-12(9-13)14-11(2)10-18(3,15)16/h5-7,9,11,14H,4,8,10H2,1-3H3. The molecule has 5 heteroatoms. The molecule has 0 aliphatic heterocycles. The van der Waals surface area contributed by atoms with E-state index in [9.17, 15) is 8.42 Å². The Balaban J connectivity index is 2.61. The van der Waals surface area contributed by atoms with Gasteiger partial charge < -0.3 is 10.1 Å². The van der Waals surface area contributed by atoms with E-state index in [1.54, 1.807) is 0 Å². The Morgan fingerprint density at radius 1 is 1.39 bits per heavy atom. The van der Waals surface area contributed by atoms with Gasteiger partial charge in [-0.2, -0.15) is 0 Å². The zero-order chi connectivity index (χ0) is 13.6. The molecule has 0 radical (unpaired) electrons. The van der Waals surface area contributed by atoms with Crippen molar-refractivity contribution in [1.29, 1.82) is 0 Å². The van der Waals surface area contributed by atoms with Gasteiger partial charge in [-0.05, 0) is 25.5 Å². The quantitative estimate of drug-likeness (QED) is 0.827. The number of rotatable bonds is 7. The van der Waals surface area contributed by atoms with Gasteiger partial charge in [0.2, 0.25) is 0 Å². The van der Waals surface area contributed by atoms with Gasteiger partial charge in [-0.15, -0.1) is 0 Å². The lowest BCUT2D eigenvalue weighted by Crippen LogP contribution is -2.24. The minimum absolute atomic E-state index is 0.118. The van der Waals surface area contributed by atoms with Crippen LogP contribution in [-0.2, 0) is 9.84 Å². The van der Waals surface area contributed by atoms with Crippen LogP contribution in [0, 0.1) is 0 Å². The normalized spacial score (nSPS) is 13.1. The topological polar surface area (TPSA) is 55.4 Å². The third-order valence-electron chi connectivity index (χ3n) is 2.27. The summed E-state index contributed by atoms with van der Waals surface area (Å²) in [7, 11) is -2.96. The largest absolute Gasteiger partial charge is 0.494 e. The molecule has 0 fully saturated rings. The Labute approximate surface area is 109 Å². The molecule has 0 aliphatic rings. The van der Waals surface area contributed by atoms with Crippen molar-refractivity contribution in [3.8, 4) is 5.75 Å². The van der Waals surface area contributed by atoms with Gasteiger partial charge in [-0.1, -0.05) is 13.0 Å². The summed E-state index contributed by atoms with van der Waals surface area (Å²) in [6.07, 6.45) is 2.20. The van der Waals surface area contributed by atoms with Crippen LogP contribution >= 0.6 is 0 Å². The summed E-state index contributed by atoms with van der Waals surface area (Å²) in [4.78, 5) is 0. The summed E-state index contributed by atoms with van der Waals surface area (Å²) in [6.45, 7) is 4.58. The highest BCUT2D eigenvalue weighted by Crippen LogP contribution is 2.18. The summed E-state index contributed by atoms with van der Waals surface area (Å²) in [5.41, 5.74) is 0.875. The summed E-state index contributed by atoms with van der Waals surface area (Å²) in [5.74, 6) is 0.918. The maximum Gasteiger partial charge on any atom is 0.149 e. The van der Waals surface area contributed by atoms with Crippen LogP contribution in [0.5, 0.6) is 5.75 Å². The Morgan fingerprint density at radius 2 is 2.11 bits per heavy atom. The van der Waals surface area contributed by atoms with E-state index in [1.165, 1.54) is 6.26 Å². The summed E-state index contributed by atoms with van der Waals surface area (Å²) >= 11 is 0. The fourth-order valence-electron chi connectivity index (χ4n) is 1.68. The Kier molecular flexibility index (Phi) is 5.47. The molecule has 0 saturated heterocycles. The van der Waals surface area contributed by atoms with Gasteiger partial charge in [0.05, 0.1) is 12.4 Å². The fraction of sp³-hybridized carbons (Fsp3) is 0.538. The monoisotopic (exact) mass is 271 g/mol. The smallest absolute Gasteiger partial charge is 0.149 e. The second-order valence-corrected chi connectivity index (χ2v) is 6.70. The molecule has 18 heavy (non-hydrogen) atoms. The van der Waals surface area contributed by atoms with Crippen LogP contribution in [0.15, 0.2) is 24.3 Å². The van der Waals surface area contributed by atoms with Gasteiger partial charge in [0.25, 0.3) is 0 Å². The number of sulfone groups is 1. The molecule has 0 aromatic heterocycles. The zero-order valence-electron chi connectivity index (χ0n) is 11.1. The SMILES string of the molecule is CCCOc1cccc(NC(C)CS(C)(=O)=O)c1. The molecule has 1 rings (SSSR count). The van der Waals surface area contributed by atoms with E-state index in [2.05, 4.69) is 12.2 Å². The zero-order valence-corrected chi connectivity index (χ0v) is 12.0. The van der Waals surface area contributed by atoms with Crippen LogP contribution in [0.4, 0.5) is 5.69 Å². The van der Waals surface area contributed by atoms with Gasteiger partial charge in [0, 0.05) is 24.1 Å². The third-order valence-corrected chi connectivity index (χ3v) is 3.38. The Morgan fingerprint density at radius 3 is 2.72 bits per heavy atom. The molecule has 1 unspecified atom stereocenters. The molecular weight excluding hydrogens is 250 g/mol. The first kappa shape index (κ1) is 14.8. The fourth-order valence-corrected chi connectivity index (χ4v) is 2.67. The molecule has 0 heterocycles. The second kappa shape index (κ2) is 6.64. The summed E-state index contributed by atoms with van der Waals surface area (Å²) in [6, 6.07) is 7.44. The highest BCUT2D eigenvalue weighted by molar-refractivity contribution is 7.90. The van der Waals surface area contributed by atoms with E-state index in [4.69, 9.17) is 4.74 Å². The van der Waals surface area contributed by atoms with Crippen LogP contribution < -0.4 is 10.1 Å². The minimum atomic E-state index is -2.96. The molecule has 4 nitrogen and oxygen atoms in total. The molecule has 1 aromatic rings. The lowest BCUT2D eigenvalue weighted by Gasteiger charge is -2.15. The number of anilines is 1. The Hall–Kier alpha value is -1.23. The van der Waals surface area contributed by atoms with Crippen molar-refractivity contribution < 1.29 is 13.2 Å². The molecule has 0 bridgehead atoms. The molecule has 1 atom stereocenters. The van der Waals surface area contributed by atoms with Crippen molar-refractivity contribution in [2.75, 3.05) is 23.9 Å². The first-order valence-electron chi connectivity index (χ1n) is 6.08. The average Bonchev–Trinajstić information content (AvgIpc) is 2.24. The molecule has 0 spiro atoms. The van der Waals surface area contributed by atoms with Crippen LogP contribution in [-0.4, -0.2) is 33.1 Å². The van der Waals surface area contributed by atoms with Gasteiger partial charge in [-0.25, -0.2) is 8.42 Å². The minimum Gasteiger partial charge on any atom is -0.494 e. The number of benzene rings is 1. The van der Waals surface area contributed by atoms with Gasteiger partial charge >= 0.3 is 0 Å². The van der Waals surface area contributed by atoms with Crippen LogP contribution in [0.25, 0.3) is 0 Å². The number of ether oxygens (including phenoxy) is 1. The maximum atomic E-state index is 11.2. The van der Waals surface area contributed by atoms with E-state index in [1.807, 2.05) is 31.2 Å². The molecule has 1 aromatic carbocycles. The van der Waals surface area contributed by atoms with E-state index in [0.29, 0.717) is 6.61 Å². The van der Waals surface area contributed by atoms with E-state index in [0.717, 1.165) is 17.9 Å². The van der Waals surface area contributed by atoms with E-state index in [-0.39, 0.29) is 11.8 Å². The van der Waals surface area contributed by atoms with Crippen molar-refractivity contribution in [1.82, 2.24) is 0 Å². The first-order chi connectivity index (χ1) is 8.40. The van der Waals surface area contributed by atoms with E-state index < -0.39 is 9.84 Å². The van der Waals surface area contributed by atoms with Crippen LogP contribution in [0.3, 0.4) is 0 Å². The summed E-state index contributed by atoms with van der Waals surface area (Å²) < 4.78 is 27.9. The van der Waals surface area contributed by atoms with Gasteiger partial charge in [0.15, 0.2) is 0 Å². The molecule has 0 amide bonds. The van der Waals surface area contributed by atoms with Crippen molar-refractivity contribution in [2.24, 2.45) is 0 Å². The van der Waals surface area contributed by atoms with Crippen molar-refractivity contribution in [3.05, 3.63) is 24.3 Å². The number of hydrogen-bond donors (Lipinski definition) is 1. The van der Waals surface area contributed by atoms with Crippen molar-refractivity contribution >= 4 is 15.5 Å². The average molecular weight is 271 g/mol.